The molecule has 1 aromatic carbocycles. The second-order valence-corrected chi connectivity index (χ2v) is 5.45. The van der Waals surface area contributed by atoms with E-state index in [4.69, 9.17) is 4.42 Å². The average molecular weight is 286 g/mol. The topological polar surface area (TPSA) is 28.4 Å². The first-order valence-electron chi connectivity index (χ1n) is 7.75. The van der Waals surface area contributed by atoms with Gasteiger partial charge in [-0.1, -0.05) is 31.2 Å². The second kappa shape index (κ2) is 8.01. The number of nitrogens with one attached hydrogen (secondary N) is 1. The van der Waals surface area contributed by atoms with Crippen LogP contribution >= 0.6 is 0 Å². The summed E-state index contributed by atoms with van der Waals surface area (Å²) < 4.78 is 6.02. The molecule has 21 heavy (non-hydrogen) atoms. The van der Waals surface area contributed by atoms with Crippen LogP contribution < -0.4 is 5.32 Å². The Morgan fingerprint density at radius 3 is 2.90 bits per heavy atom. The van der Waals surface area contributed by atoms with Gasteiger partial charge in [-0.25, -0.2) is 0 Å². The Bertz CT molecular complexity index is 574. The summed E-state index contributed by atoms with van der Waals surface area (Å²) in [6.45, 7) is 9.64. The number of unbranched alkanes of at least 4 members (excludes halogenated alkanes) is 1. The molecule has 1 heterocycles. The molecule has 114 valence electrons. The molecule has 0 saturated carbocycles. The van der Waals surface area contributed by atoms with Crippen LogP contribution in [0.5, 0.6) is 0 Å². The normalized spacial score (nSPS) is 11.4. The summed E-state index contributed by atoms with van der Waals surface area (Å²) >= 11 is 0. The molecule has 2 aromatic rings. The Balaban J connectivity index is 2.16. The molecule has 0 saturated heterocycles. The quantitative estimate of drug-likeness (QED) is 0.559. The Labute approximate surface area is 127 Å². The maximum absolute atomic E-state index is 6.02. The van der Waals surface area contributed by atoms with Gasteiger partial charge in [0.15, 0.2) is 0 Å². The lowest BCUT2D eigenvalue weighted by molar-refractivity contribution is 0.320. The molecular weight excluding hydrogens is 260 g/mol. The predicted octanol–water partition coefficient (Wildman–Crippen LogP) is 3.94. The predicted molar refractivity (Wildman–Crippen MR) is 89.4 cm³/mol. The van der Waals surface area contributed by atoms with Crippen molar-refractivity contribution in [3.05, 3.63) is 48.2 Å². The van der Waals surface area contributed by atoms with Crippen LogP contribution in [0.25, 0.3) is 11.0 Å². The number of fused-ring (bicyclic) bond motifs is 1. The van der Waals surface area contributed by atoms with E-state index in [0.29, 0.717) is 0 Å². The van der Waals surface area contributed by atoms with Crippen molar-refractivity contribution >= 4 is 11.0 Å². The smallest absolute Gasteiger partial charge is 0.134 e. The molecule has 0 radical (unpaired) electrons. The van der Waals surface area contributed by atoms with Crippen LogP contribution in [0, 0.1) is 0 Å². The highest BCUT2D eigenvalue weighted by Crippen LogP contribution is 2.27. The van der Waals surface area contributed by atoms with E-state index in [1.54, 1.807) is 0 Å². The third kappa shape index (κ3) is 4.19. The molecule has 0 spiro atoms. The molecule has 3 heteroatoms. The zero-order chi connectivity index (χ0) is 15.1. The van der Waals surface area contributed by atoms with Gasteiger partial charge in [-0.2, -0.15) is 0 Å². The zero-order valence-electron chi connectivity index (χ0n) is 13.2. The van der Waals surface area contributed by atoms with Gasteiger partial charge < -0.3 is 14.6 Å². The highest BCUT2D eigenvalue weighted by molar-refractivity contribution is 5.82. The van der Waals surface area contributed by atoms with E-state index in [2.05, 4.69) is 42.9 Å². The fourth-order valence-corrected chi connectivity index (χ4v) is 2.56. The Morgan fingerprint density at radius 1 is 1.33 bits per heavy atom. The summed E-state index contributed by atoms with van der Waals surface area (Å²) in [7, 11) is 2.17. The number of furan rings is 1. The van der Waals surface area contributed by atoms with Crippen LogP contribution in [0.15, 0.2) is 41.3 Å². The number of hydrogen-bond acceptors (Lipinski definition) is 3. The molecule has 0 aliphatic rings. The van der Waals surface area contributed by atoms with Crippen molar-refractivity contribution in [1.82, 2.24) is 10.2 Å². The van der Waals surface area contributed by atoms with Crippen LogP contribution in [0.2, 0.25) is 0 Å². The molecule has 0 aliphatic carbocycles. The number of benzene rings is 1. The molecule has 0 bridgehead atoms. The van der Waals surface area contributed by atoms with E-state index in [9.17, 15) is 0 Å². The third-order valence-electron chi connectivity index (χ3n) is 3.69. The molecule has 1 aromatic heterocycles. The fraction of sp³-hybridized carbons (Fsp3) is 0.444. The number of rotatable bonds is 9. The second-order valence-electron chi connectivity index (χ2n) is 5.45. The van der Waals surface area contributed by atoms with E-state index < -0.39 is 0 Å². The van der Waals surface area contributed by atoms with Gasteiger partial charge in [0.05, 0.1) is 6.54 Å². The first-order chi connectivity index (χ1) is 10.3. The Hall–Kier alpha value is -1.58. The largest absolute Gasteiger partial charge is 0.459 e. The average Bonchev–Trinajstić information content (AvgIpc) is 2.83. The minimum Gasteiger partial charge on any atom is -0.459 e. The van der Waals surface area contributed by atoms with Crippen LogP contribution in [0.3, 0.4) is 0 Å². The van der Waals surface area contributed by atoms with Crippen molar-refractivity contribution in [3.63, 3.8) is 0 Å². The van der Waals surface area contributed by atoms with E-state index in [-0.39, 0.29) is 0 Å². The molecule has 0 atom stereocenters. The van der Waals surface area contributed by atoms with Gasteiger partial charge in [0.25, 0.3) is 0 Å². The molecule has 0 unspecified atom stereocenters. The van der Waals surface area contributed by atoms with E-state index in [1.165, 1.54) is 10.9 Å². The third-order valence-corrected chi connectivity index (χ3v) is 3.69. The molecule has 2 rings (SSSR count). The van der Waals surface area contributed by atoms with Gasteiger partial charge in [0.1, 0.15) is 11.3 Å². The number of para-hydroxylation sites is 1. The maximum Gasteiger partial charge on any atom is 0.134 e. The number of allylic oxidation sites excluding steroid dienone is 1. The van der Waals surface area contributed by atoms with Gasteiger partial charge in [-0.05, 0) is 39.0 Å². The lowest BCUT2D eigenvalue weighted by Crippen LogP contribution is -2.20. The summed E-state index contributed by atoms with van der Waals surface area (Å²) in [6, 6.07) is 8.31. The zero-order valence-corrected chi connectivity index (χ0v) is 13.2. The van der Waals surface area contributed by atoms with Crippen molar-refractivity contribution in [2.75, 3.05) is 20.1 Å². The van der Waals surface area contributed by atoms with Gasteiger partial charge >= 0.3 is 0 Å². The molecule has 0 amide bonds. The van der Waals surface area contributed by atoms with Gasteiger partial charge in [0, 0.05) is 17.5 Å². The fourth-order valence-electron chi connectivity index (χ4n) is 2.56. The van der Waals surface area contributed by atoms with E-state index >= 15 is 0 Å². The number of nitrogens with zero attached hydrogens (tertiary/aromatic N) is 1. The van der Waals surface area contributed by atoms with Crippen LogP contribution in [0.1, 0.15) is 31.1 Å². The van der Waals surface area contributed by atoms with Gasteiger partial charge in [-0.15, -0.1) is 6.58 Å². The molecule has 3 nitrogen and oxygen atoms in total. The summed E-state index contributed by atoms with van der Waals surface area (Å²) in [4.78, 5) is 2.36. The lowest BCUT2D eigenvalue weighted by atomic mass is 10.1. The first-order valence-corrected chi connectivity index (χ1v) is 7.75. The van der Waals surface area contributed by atoms with Crippen molar-refractivity contribution in [2.24, 2.45) is 0 Å². The highest BCUT2D eigenvalue weighted by atomic mass is 16.3. The summed E-state index contributed by atoms with van der Waals surface area (Å²) in [5, 5.41) is 4.60. The van der Waals surface area contributed by atoms with Gasteiger partial charge in [-0.3, -0.25) is 0 Å². The standard InChI is InChI=1S/C18H26N2O/c1-4-6-9-12-20(3)14-16-15-10-7-8-11-17(15)21-18(16)13-19-5-2/h4,7-8,10-11,19H,1,5-6,9,12-14H2,2-3H3. The SMILES string of the molecule is C=CCCCN(C)Cc1c(CNCC)oc2ccccc12. The molecule has 0 fully saturated rings. The minimum absolute atomic E-state index is 0.793. The van der Waals surface area contributed by atoms with Crippen molar-refractivity contribution < 1.29 is 4.42 Å². The van der Waals surface area contributed by atoms with Crippen LogP contribution in [0.4, 0.5) is 0 Å². The summed E-state index contributed by atoms with van der Waals surface area (Å²) in [5.41, 5.74) is 2.30. The minimum atomic E-state index is 0.793. The molecule has 1 N–H and O–H groups in total. The first kappa shape index (κ1) is 15.8. The van der Waals surface area contributed by atoms with Crippen molar-refractivity contribution in [2.45, 2.75) is 32.9 Å². The summed E-state index contributed by atoms with van der Waals surface area (Å²) in [5.74, 6) is 1.06. The van der Waals surface area contributed by atoms with Crippen molar-refractivity contribution in [3.8, 4) is 0 Å². The number of hydrogen-bond donors (Lipinski definition) is 1. The Kier molecular flexibility index (Phi) is 6.03. The lowest BCUT2D eigenvalue weighted by Gasteiger charge is -2.16. The Morgan fingerprint density at radius 2 is 2.14 bits per heavy atom. The molecule has 0 aliphatic heterocycles. The van der Waals surface area contributed by atoms with E-state index in [1.807, 2.05) is 18.2 Å². The van der Waals surface area contributed by atoms with Crippen LogP contribution in [-0.4, -0.2) is 25.0 Å². The van der Waals surface area contributed by atoms with E-state index in [0.717, 1.165) is 50.4 Å². The highest BCUT2D eigenvalue weighted by Gasteiger charge is 2.14. The monoisotopic (exact) mass is 286 g/mol. The maximum atomic E-state index is 6.02. The van der Waals surface area contributed by atoms with Crippen LogP contribution in [-0.2, 0) is 13.1 Å². The van der Waals surface area contributed by atoms with Crippen molar-refractivity contribution in [1.29, 1.82) is 0 Å². The van der Waals surface area contributed by atoms with Gasteiger partial charge in [0.2, 0.25) is 0 Å². The molecular formula is C18H26N2O. The summed E-state index contributed by atoms with van der Waals surface area (Å²) in [6.07, 6.45) is 4.21.